The van der Waals surface area contributed by atoms with Crippen molar-refractivity contribution in [1.29, 1.82) is 0 Å². The lowest BCUT2D eigenvalue weighted by Gasteiger charge is -2.36. The molecule has 1 rings (SSSR count). The highest BCUT2D eigenvalue weighted by atomic mass is 32.2. The first-order valence-electron chi connectivity index (χ1n) is 7.90. The highest BCUT2D eigenvalue weighted by Crippen LogP contribution is 2.22. The minimum atomic E-state index is -3.37. The summed E-state index contributed by atoms with van der Waals surface area (Å²) in [6.07, 6.45) is 3.51. The largest absolute Gasteiger partial charge is 0.314 e. The Morgan fingerprint density at radius 2 is 1.86 bits per heavy atom. The lowest BCUT2D eigenvalue weighted by Crippen LogP contribution is -2.50. The first-order chi connectivity index (χ1) is 9.78. The molecule has 124 valence electrons. The molecule has 1 heterocycles. The van der Waals surface area contributed by atoms with Crippen molar-refractivity contribution < 1.29 is 8.42 Å². The topological polar surface area (TPSA) is 52.7 Å². The van der Waals surface area contributed by atoms with Crippen molar-refractivity contribution in [1.82, 2.24) is 13.9 Å². The van der Waals surface area contributed by atoms with Gasteiger partial charge in [-0.3, -0.25) is 0 Å². The monoisotopic (exact) mass is 317 g/mol. The van der Waals surface area contributed by atoms with E-state index in [9.17, 15) is 8.42 Å². The van der Waals surface area contributed by atoms with Gasteiger partial charge in [0.15, 0.2) is 0 Å². The fourth-order valence-electron chi connectivity index (χ4n) is 2.59. The zero-order valence-electron chi connectivity index (χ0n) is 13.9. The molecule has 5 nitrogen and oxygen atoms in total. The third-order valence-corrected chi connectivity index (χ3v) is 6.08. The summed E-state index contributed by atoms with van der Waals surface area (Å²) in [6.45, 7) is 14.3. The maximum Gasteiger partial charge on any atom is 0.282 e. The second-order valence-corrected chi connectivity index (χ2v) is 8.25. The normalized spacial score (nSPS) is 18.8. The summed E-state index contributed by atoms with van der Waals surface area (Å²) in [4.78, 5) is 0. The number of rotatable bonds is 8. The van der Waals surface area contributed by atoms with Crippen molar-refractivity contribution in [2.45, 2.75) is 52.6 Å². The number of hydrogen-bond donors (Lipinski definition) is 1. The van der Waals surface area contributed by atoms with Crippen molar-refractivity contribution in [3.05, 3.63) is 12.7 Å². The van der Waals surface area contributed by atoms with Gasteiger partial charge >= 0.3 is 0 Å². The minimum Gasteiger partial charge on any atom is -0.314 e. The van der Waals surface area contributed by atoms with Gasteiger partial charge in [0.2, 0.25) is 0 Å². The van der Waals surface area contributed by atoms with Crippen molar-refractivity contribution >= 4 is 10.2 Å². The average Bonchev–Trinajstić information content (AvgIpc) is 2.42. The van der Waals surface area contributed by atoms with E-state index in [0.717, 1.165) is 19.4 Å². The van der Waals surface area contributed by atoms with Crippen LogP contribution < -0.4 is 5.32 Å². The summed E-state index contributed by atoms with van der Waals surface area (Å²) >= 11 is 0. The van der Waals surface area contributed by atoms with Crippen LogP contribution in [0.4, 0.5) is 0 Å². The zero-order chi connectivity index (χ0) is 16.0. The van der Waals surface area contributed by atoms with E-state index in [4.69, 9.17) is 0 Å². The van der Waals surface area contributed by atoms with Crippen LogP contribution >= 0.6 is 0 Å². The van der Waals surface area contributed by atoms with Crippen LogP contribution in [0.3, 0.4) is 0 Å². The van der Waals surface area contributed by atoms with Gasteiger partial charge in [-0.05, 0) is 39.2 Å². The molecule has 0 aromatic heterocycles. The van der Waals surface area contributed by atoms with Gasteiger partial charge in [0.25, 0.3) is 10.2 Å². The summed E-state index contributed by atoms with van der Waals surface area (Å²) in [6, 6.07) is 0.434. The SMILES string of the molecule is C=CCN(C(C)C)S(=O)(=O)N1CCC(CNC(C)C)CC1. The standard InChI is InChI=1S/C15H31N3O2S/c1-6-9-18(14(4)5)21(19,20)17-10-7-15(8-11-17)12-16-13(2)3/h6,13-16H,1,7-12H2,2-5H3. The molecule has 0 atom stereocenters. The van der Waals surface area contributed by atoms with Gasteiger partial charge in [0.05, 0.1) is 0 Å². The van der Waals surface area contributed by atoms with E-state index in [-0.39, 0.29) is 6.04 Å². The van der Waals surface area contributed by atoms with Gasteiger partial charge in [-0.15, -0.1) is 6.58 Å². The molecule has 1 N–H and O–H groups in total. The van der Waals surface area contributed by atoms with Gasteiger partial charge in [-0.25, -0.2) is 0 Å². The number of piperidine rings is 1. The highest BCUT2D eigenvalue weighted by Gasteiger charge is 2.33. The van der Waals surface area contributed by atoms with Crippen LogP contribution in [0.15, 0.2) is 12.7 Å². The Hall–Kier alpha value is -0.430. The van der Waals surface area contributed by atoms with Gasteiger partial charge in [-0.2, -0.15) is 17.0 Å². The molecular formula is C15H31N3O2S. The fraction of sp³-hybridized carbons (Fsp3) is 0.867. The second-order valence-electron chi connectivity index (χ2n) is 6.37. The van der Waals surface area contributed by atoms with E-state index >= 15 is 0 Å². The molecule has 0 spiro atoms. The Labute approximate surface area is 130 Å². The molecule has 21 heavy (non-hydrogen) atoms. The van der Waals surface area contributed by atoms with Crippen molar-refractivity contribution in [2.24, 2.45) is 5.92 Å². The van der Waals surface area contributed by atoms with E-state index in [0.29, 0.717) is 31.6 Å². The molecular weight excluding hydrogens is 286 g/mol. The molecule has 0 aromatic rings. The van der Waals surface area contributed by atoms with Gasteiger partial charge in [0.1, 0.15) is 0 Å². The summed E-state index contributed by atoms with van der Waals surface area (Å²) in [5.74, 6) is 0.575. The van der Waals surface area contributed by atoms with E-state index in [1.54, 1.807) is 10.4 Å². The highest BCUT2D eigenvalue weighted by molar-refractivity contribution is 7.86. The van der Waals surface area contributed by atoms with Crippen LogP contribution in [-0.4, -0.2) is 55.3 Å². The first-order valence-corrected chi connectivity index (χ1v) is 9.30. The number of nitrogens with one attached hydrogen (secondary N) is 1. The Kier molecular flexibility index (Phi) is 7.33. The molecule has 1 aliphatic rings. The Bertz CT molecular complexity index is 413. The average molecular weight is 317 g/mol. The summed E-state index contributed by atoms with van der Waals surface area (Å²) in [5, 5.41) is 3.44. The fourth-order valence-corrected chi connectivity index (χ4v) is 4.39. The Morgan fingerprint density at radius 3 is 2.29 bits per heavy atom. The van der Waals surface area contributed by atoms with Crippen molar-refractivity contribution in [2.75, 3.05) is 26.2 Å². The van der Waals surface area contributed by atoms with E-state index in [1.165, 1.54) is 4.31 Å². The maximum atomic E-state index is 12.7. The second kappa shape index (κ2) is 8.27. The van der Waals surface area contributed by atoms with Crippen molar-refractivity contribution in [3.63, 3.8) is 0 Å². The maximum absolute atomic E-state index is 12.7. The van der Waals surface area contributed by atoms with Crippen LogP contribution in [0, 0.1) is 5.92 Å². The molecule has 1 fully saturated rings. The third-order valence-electron chi connectivity index (χ3n) is 3.90. The molecule has 0 aliphatic carbocycles. The van der Waals surface area contributed by atoms with Crippen LogP contribution in [0.1, 0.15) is 40.5 Å². The molecule has 0 amide bonds. The lowest BCUT2D eigenvalue weighted by molar-refractivity contribution is 0.242. The molecule has 6 heteroatoms. The van der Waals surface area contributed by atoms with Gasteiger partial charge < -0.3 is 5.32 Å². The van der Waals surface area contributed by atoms with Crippen molar-refractivity contribution in [3.8, 4) is 0 Å². The molecule has 0 radical (unpaired) electrons. The third kappa shape index (κ3) is 5.36. The summed E-state index contributed by atoms with van der Waals surface area (Å²) in [5.41, 5.74) is 0. The Morgan fingerprint density at radius 1 is 1.29 bits per heavy atom. The van der Waals surface area contributed by atoms with Crippen LogP contribution in [-0.2, 0) is 10.2 Å². The predicted molar refractivity (Wildman–Crippen MR) is 88.4 cm³/mol. The van der Waals surface area contributed by atoms with Crippen LogP contribution in [0.5, 0.6) is 0 Å². The quantitative estimate of drug-likeness (QED) is 0.695. The molecule has 0 aromatic carbocycles. The van der Waals surface area contributed by atoms with Gasteiger partial charge in [-0.1, -0.05) is 19.9 Å². The summed E-state index contributed by atoms with van der Waals surface area (Å²) < 4.78 is 28.5. The molecule has 0 bridgehead atoms. The molecule has 0 unspecified atom stereocenters. The molecule has 1 aliphatic heterocycles. The van der Waals surface area contributed by atoms with E-state index in [2.05, 4.69) is 25.7 Å². The number of hydrogen-bond acceptors (Lipinski definition) is 3. The van der Waals surface area contributed by atoms with Gasteiger partial charge in [0, 0.05) is 31.7 Å². The number of nitrogens with zero attached hydrogens (tertiary/aromatic N) is 2. The Balaban J connectivity index is 2.61. The lowest BCUT2D eigenvalue weighted by atomic mass is 9.98. The zero-order valence-corrected chi connectivity index (χ0v) is 14.7. The van der Waals surface area contributed by atoms with Crippen LogP contribution in [0.25, 0.3) is 0 Å². The molecule has 0 saturated carbocycles. The summed E-state index contributed by atoms with van der Waals surface area (Å²) in [7, 11) is -3.37. The minimum absolute atomic E-state index is 0.0478. The van der Waals surface area contributed by atoms with Crippen LogP contribution in [0.2, 0.25) is 0 Å². The smallest absolute Gasteiger partial charge is 0.282 e. The first kappa shape index (κ1) is 18.6. The predicted octanol–water partition coefficient (Wildman–Crippen LogP) is 1.84. The van der Waals surface area contributed by atoms with E-state index in [1.807, 2.05) is 13.8 Å². The van der Waals surface area contributed by atoms with E-state index < -0.39 is 10.2 Å². The molecule has 1 saturated heterocycles.